The van der Waals surface area contributed by atoms with Gasteiger partial charge in [0.1, 0.15) is 5.76 Å². The van der Waals surface area contributed by atoms with Crippen LogP contribution in [0.4, 0.5) is 0 Å². The van der Waals surface area contributed by atoms with Crippen molar-refractivity contribution in [1.82, 2.24) is 9.88 Å². The molecule has 0 radical (unpaired) electrons. The number of hydrogen-bond acceptors (Lipinski definition) is 6. The highest BCUT2D eigenvalue weighted by Gasteiger charge is 2.33. The van der Waals surface area contributed by atoms with Gasteiger partial charge < -0.3 is 9.52 Å². The van der Waals surface area contributed by atoms with E-state index in [0.717, 1.165) is 5.69 Å². The van der Waals surface area contributed by atoms with Crippen LogP contribution in [0.25, 0.3) is 0 Å². The van der Waals surface area contributed by atoms with Crippen molar-refractivity contribution >= 4 is 15.8 Å². The smallest absolute Gasteiger partial charge is 0.317 e. The first kappa shape index (κ1) is 15.0. The summed E-state index contributed by atoms with van der Waals surface area (Å²) >= 11 is 0. The van der Waals surface area contributed by atoms with Gasteiger partial charge in [0.2, 0.25) is 5.89 Å². The van der Waals surface area contributed by atoms with Gasteiger partial charge in [-0.15, -0.1) is 0 Å². The van der Waals surface area contributed by atoms with E-state index in [0.29, 0.717) is 18.1 Å². The molecule has 1 atom stereocenters. The molecular weight excluding hydrogens is 284 g/mol. The molecule has 0 amide bonds. The third-order valence-corrected chi connectivity index (χ3v) is 5.22. The maximum Gasteiger partial charge on any atom is 0.317 e. The third kappa shape index (κ3) is 3.57. The van der Waals surface area contributed by atoms with Crippen molar-refractivity contribution < 1.29 is 22.7 Å². The number of carbonyl (C=O) groups is 1. The second kappa shape index (κ2) is 5.53. The number of aryl methyl sites for hydroxylation is 2. The van der Waals surface area contributed by atoms with E-state index in [2.05, 4.69) is 4.98 Å². The Bertz CT molecular complexity index is 588. The molecule has 2 heterocycles. The van der Waals surface area contributed by atoms with E-state index in [1.165, 1.54) is 0 Å². The second-order valence-corrected chi connectivity index (χ2v) is 7.33. The fourth-order valence-corrected chi connectivity index (χ4v) is 4.09. The Balaban J connectivity index is 2.13. The summed E-state index contributed by atoms with van der Waals surface area (Å²) in [6.45, 7) is 3.58. The molecule has 0 saturated carbocycles. The molecule has 1 aromatic rings. The number of aliphatic carboxylic acids is 1. The van der Waals surface area contributed by atoms with Crippen LogP contribution in [0.2, 0.25) is 0 Å². The lowest BCUT2D eigenvalue weighted by molar-refractivity contribution is -0.139. The van der Waals surface area contributed by atoms with E-state index in [9.17, 15) is 13.2 Å². The lowest BCUT2D eigenvalue weighted by Gasteiger charge is -2.24. The first-order chi connectivity index (χ1) is 9.27. The average molecular weight is 302 g/mol. The minimum atomic E-state index is -3.06. The Labute approximate surface area is 117 Å². The summed E-state index contributed by atoms with van der Waals surface area (Å²) < 4.78 is 28.5. The van der Waals surface area contributed by atoms with Crippen LogP contribution in [-0.4, -0.2) is 53.5 Å². The van der Waals surface area contributed by atoms with Gasteiger partial charge in [0.25, 0.3) is 0 Å². The highest BCUT2D eigenvalue weighted by Crippen LogP contribution is 2.20. The summed E-state index contributed by atoms with van der Waals surface area (Å²) in [4.78, 5) is 16.8. The van der Waals surface area contributed by atoms with Crippen LogP contribution >= 0.6 is 0 Å². The first-order valence-electron chi connectivity index (χ1n) is 6.36. The first-order valence-corrected chi connectivity index (χ1v) is 8.18. The number of hydrogen-bond donors (Lipinski definition) is 1. The highest BCUT2D eigenvalue weighted by molar-refractivity contribution is 7.91. The van der Waals surface area contributed by atoms with Crippen LogP contribution in [0.5, 0.6) is 0 Å². The van der Waals surface area contributed by atoms with E-state index in [1.54, 1.807) is 11.8 Å². The van der Waals surface area contributed by atoms with Crippen molar-refractivity contribution in [2.45, 2.75) is 32.9 Å². The Kier molecular flexibility index (Phi) is 4.14. The molecule has 112 valence electrons. The van der Waals surface area contributed by atoms with Gasteiger partial charge in [0.05, 0.1) is 30.3 Å². The molecule has 0 spiro atoms. The largest absolute Gasteiger partial charge is 0.480 e. The zero-order valence-corrected chi connectivity index (χ0v) is 12.3. The number of oxazole rings is 1. The molecule has 1 saturated heterocycles. The molecule has 0 bridgehead atoms. The van der Waals surface area contributed by atoms with Gasteiger partial charge in [-0.25, -0.2) is 13.4 Å². The van der Waals surface area contributed by atoms with Crippen LogP contribution in [0.1, 0.15) is 23.8 Å². The molecule has 7 nitrogen and oxygen atoms in total. The minimum Gasteiger partial charge on any atom is -0.480 e. The van der Waals surface area contributed by atoms with Gasteiger partial charge in [0.15, 0.2) is 9.84 Å². The fraction of sp³-hybridized carbons (Fsp3) is 0.667. The number of carboxylic acids is 1. The van der Waals surface area contributed by atoms with Crippen LogP contribution in [-0.2, 0) is 21.2 Å². The number of sulfone groups is 1. The molecule has 0 aromatic carbocycles. The molecule has 0 aliphatic carbocycles. The number of aromatic nitrogens is 1. The predicted molar refractivity (Wildman–Crippen MR) is 71.1 cm³/mol. The lowest BCUT2D eigenvalue weighted by Crippen LogP contribution is -2.39. The predicted octanol–water partition coefficient (Wildman–Crippen LogP) is 0.365. The molecule has 1 aliphatic rings. The molecule has 2 rings (SSSR count). The normalized spacial score (nSPS) is 21.4. The minimum absolute atomic E-state index is 0.00104. The standard InChI is InChI=1S/C12H18N2O5S/c1-8-9(2)19-11(13-8)5-14(6-12(15)16)10-3-4-20(17,18)7-10/h10H,3-7H2,1-2H3,(H,15,16). The number of nitrogens with zero attached hydrogens (tertiary/aromatic N) is 2. The molecule has 1 aromatic heterocycles. The van der Waals surface area contributed by atoms with Crippen molar-refractivity contribution in [3.63, 3.8) is 0 Å². The Hall–Kier alpha value is -1.41. The highest BCUT2D eigenvalue weighted by atomic mass is 32.2. The van der Waals surface area contributed by atoms with Gasteiger partial charge in [-0.2, -0.15) is 0 Å². The van der Waals surface area contributed by atoms with E-state index >= 15 is 0 Å². The summed E-state index contributed by atoms with van der Waals surface area (Å²) in [6, 6.07) is -0.288. The fourth-order valence-electron chi connectivity index (χ4n) is 2.33. The average Bonchev–Trinajstić information content (AvgIpc) is 2.81. The molecule has 1 aliphatic heterocycles. The zero-order chi connectivity index (χ0) is 14.9. The zero-order valence-electron chi connectivity index (χ0n) is 11.5. The quantitative estimate of drug-likeness (QED) is 0.838. The van der Waals surface area contributed by atoms with Crippen molar-refractivity contribution in [2.75, 3.05) is 18.1 Å². The van der Waals surface area contributed by atoms with Crippen LogP contribution < -0.4 is 0 Å². The number of carboxylic acid groups (broad SMARTS) is 1. The van der Waals surface area contributed by atoms with E-state index < -0.39 is 15.8 Å². The Morgan fingerprint density at radius 3 is 2.65 bits per heavy atom. The van der Waals surface area contributed by atoms with Crippen molar-refractivity contribution in [2.24, 2.45) is 0 Å². The molecular formula is C12H18N2O5S. The third-order valence-electron chi connectivity index (χ3n) is 3.47. The summed E-state index contributed by atoms with van der Waals surface area (Å²) in [6.07, 6.45) is 0.453. The summed E-state index contributed by atoms with van der Waals surface area (Å²) in [5.41, 5.74) is 0.759. The Morgan fingerprint density at radius 1 is 1.50 bits per heavy atom. The maximum absolute atomic E-state index is 11.5. The molecule has 1 N–H and O–H groups in total. The summed E-state index contributed by atoms with van der Waals surface area (Å²) in [7, 11) is -3.06. The maximum atomic E-state index is 11.5. The number of rotatable bonds is 5. The van der Waals surface area contributed by atoms with E-state index in [4.69, 9.17) is 9.52 Å². The monoisotopic (exact) mass is 302 g/mol. The van der Waals surface area contributed by atoms with Gasteiger partial charge >= 0.3 is 5.97 Å². The SMILES string of the molecule is Cc1nc(CN(CC(=O)O)C2CCS(=O)(=O)C2)oc1C. The molecule has 1 unspecified atom stereocenters. The van der Waals surface area contributed by atoms with Crippen molar-refractivity contribution in [3.8, 4) is 0 Å². The van der Waals surface area contributed by atoms with Crippen LogP contribution in [0, 0.1) is 13.8 Å². The van der Waals surface area contributed by atoms with E-state index in [-0.39, 0.29) is 30.6 Å². The second-order valence-electron chi connectivity index (χ2n) is 5.10. The van der Waals surface area contributed by atoms with Gasteiger partial charge in [-0.05, 0) is 20.3 Å². The van der Waals surface area contributed by atoms with Crippen LogP contribution in [0.15, 0.2) is 4.42 Å². The topological polar surface area (TPSA) is 101 Å². The summed E-state index contributed by atoms with van der Waals surface area (Å²) in [5.74, 6) is 0.227. The summed E-state index contributed by atoms with van der Waals surface area (Å²) in [5, 5.41) is 8.97. The molecule has 8 heteroatoms. The van der Waals surface area contributed by atoms with Crippen LogP contribution in [0.3, 0.4) is 0 Å². The van der Waals surface area contributed by atoms with Crippen molar-refractivity contribution in [3.05, 3.63) is 17.3 Å². The molecule has 20 heavy (non-hydrogen) atoms. The van der Waals surface area contributed by atoms with E-state index in [1.807, 2.05) is 6.92 Å². The van der Waals surface area contributed by atoms with Gasteiger partial charge in [-0.1, -0.05) is 0 Å². The van der Waals surface area contributed by atoms with Gasteiger partial charge in [0, 0.05) is 6.04 Å². The Morgan fingerprint density at radius 2 is 2.20 bits per heavy atom. The lowest BCUT2D eigenvalue weighted by atomic mass is 10.2. The molecule has 1 fully saturated rings. The van der Waals surface area contributed by atoms with Gasteiger partial charge in [-0.3, -0.25) is 9.69 Å². The van der Waals surface area contributed by atoms with Crippen molar-refractivity contribution in [1.29, 1.82) is 0 Å².